The minimum atomic E-state index is -1.27. The zero-order chi connectivity index (χ0) is 25.0. The standard InChI is InChI=1S/C26H39N3O5/c1-7-17(5)18(15-30)29-21-24(33)28(16(3)4)14-10-12-26(21)20(23(29)32)19-22(31)27(6)13-9-11-25(19,8-2)34-26/h9-12,16-21,30H,7-8,13-15H2,1-6H3/t17-,18-,19+,20-,21?,25-,26-/m0/s1. The predicted molar refractivity (Wildman–Crippen MR) is 128 cm³/mol. The number of rotatable bonds is 6. The van der Waals surface area contributed by atoms with Crippen LogP contribution >= 0.6 is 0 Å². The maximum atomic E-state index is 14.3. The van der Waals surface area contributed by atoms with Gasteiger partial charge in [0.15, 0.2) is 0 Å². The predicted octanol–water partition coefficient (Wildman–Crippen LogP) is 1.59. The first-order valence-corrected chi connectivity index (χ1v) is 12.6. The van der Waals surface area contributed by atoms with E-state index in [1.807, 2.05) is 58.9 Å². The molecule has 7 atom stereocenters. The number of ether oxygens (including phenoxy) is 1. The summed E-state index contributed by atoms with van der Waals surface area (Å²) in [5, 5.41) is 10.4. The fourth-order valence-corrected chi connectivity index (χ4v) is 6.47. The van der Waals surface area contributed by atoms with Crippen LogP contribution in [0.5, 0.6) is 0 Å². The van der Waals surface area contributed by atoms with Crippen LogP contribution in [0.1, 0.15) is 47.5 Å². The number of likely N-dealkylation sites (tertiary alicyclic amines) is 1. The van der Waals surface area contributed by atoms with Crippen LogP contribution in [-0.2, 0) is 19.1 Å². The molecule has 4 heterocycles. The fraction of sp³-hybridized carbons (Fsp3) is 0.731. The lowest BCUT2D eigenvalue weighted by Gasteiger charge is -2.42. The van der Waals surface area contributed by atoms with Crippen molar-refractivity contribution in [3.05, 3.63) is 24.3 Å². The number of amides is 3. The third-order valence-electron chi connectivity index (χ3n) is 8.58. The van der Waals surface area contributed by atoms with Gasteiger partial charge in [-0.05, 0) is 26.2 Å². The van der Waals surface area contributed by atoms with Crippen molar-refractivity contribution < 1.29 is 24.2 Å². The number of hydrogen-bond acceptors (Lipinski definition) is 5. The number of likely N-dealkylation sites (N-methyl/N-ethyl adjacent to an activating group) is 1. The summed E-state index contributed by atoms with van der Waals surface area (Å²) in [6, 6.07) is -1.54. The van der Waals surface area contributed by atoms with Crippen LogP contribution in [-0.4, -0.2) is 93.6 Å². The monoisotopic (exact) mass is 473 g/mol. The van der Waals surface area contributed by atoms with Crippen LogP contribution in [0, 0.1) is 17.8 Å². The molecule has 8 heteroatoms. The quantitative estimate of drug-likeness (QED) is 0.592. The summed E-state index contributed by atoms with van der Waals surface area (Å²) in [5.41, 5.74) is -2.23. The van der Waals surface area contributed by atoms with E-state index in [1.54, 1.807) is 21.7 Å². The van der Waals surface area contributed by atoms with Crippen LogP contribution in [0.15, 0.2) is 24.3 Å². The Morgan fingerprint density at radius 2 is 1.71 bits per heavy atom. The number of carbonyl (C=O) groups is 3. The molecule has 1 unspecified atom stereocenters. The zero-order valence-electron chi connectivity index (χ0n) is 21.2. The molecule has 188 valence electrons. The molecule has 3 amide bonds. The van der Waals surface area contributed by atoms with Crippen molar-refractivity contribution in [1.29, 1.82) is 0 Å². The van der Waals surface area contributed by atoms with Gasteiger partial charge in [0.2, 0.25) is 17.7 Å². The molecule has 34 heavy (non-hydrogen) atoms. The Morgan fingerprint density at radius 3 is 2.29 bits per heavy atom. The SMILES string of the molecule is CC[C@H](C)[C@H](CO)N1C(=O)[C@@H]2[C@@H]3C(=O)N(C)CC=C[C@]3(CC)O[C@@]23C=CCN(C(C)C)C(=O)C13. The van der Waals surface area contributed by atoms with E-state index in [9.17, 15) is 19.5 Å². The summed E-state index contributed by atoms with van der Waals surface area (Å²) in [6.07, 6.45) is 8.89. The molecule has 4 rings (SSSR count). The normalized spacial score (nSPS) is 37.0. The second-order valence-corrected chi connectivity index (χ2v) is 10.6. The third kappa shape index (κ3) is 3.28. The summed E-state index contributed by atoms with van der Waals surface area (Å²) in [7, 11) is 1.74. The minimum absolute atomic E-state index is 0.0271. The van der Waals surface area contributed by atoms with Crippen LogP contribution in [0.4, 0.5) is 0 Å². The Kier molecular flexibility index (Phi) is 6.44. The smallest absolute Gasteiger partial charge is 0.249 e. The highest BCUT2D eigenvalue weighted by Gasteiger charge is 2.76. The molecule has 0 bridgehead atoms. The fourth-order valence-electron chi connectivity index (χ4n) is 6.47. The van der Waals surface area contributed by atoms with Gasteiger partial charge >= 0.3 is 0 Å². The van der Waals surface area contributed by atoms with Crippen molar-refractivity contribution in [1.82, 2.24) is 14.7 Å². The number of carbonyl (C=O) groups excluding carboxylic acids is 3. The van der Waals surface area contributed by atoms with Crippen LogP contribution in [0.3, 0.4) is 0 Å². The van der Waals surface area contributed by atoms with Crippen molar-refractivity contribution in [3.63, 3.8) is 0 Å². The zero-order valence-corrected chi connectivity index (χ0v) is 21.2. The van der Waals surface area contributed by atoms with Crippen molar-refractivity contribution >= 4 is 17.7 Å². The summed E-state index contributed by atoms with van der Waals surface area (Å²) < 4.78 is 6.89. The first kappa shape index (κ1) is 24.9. The van der Waals surface area contributed by atoms with Gasteiger partial charge in [-0.1, -0.05) is 51.5 Å². The van der Waals surface area contributed by atoms with Gasteiger partial charge in [0.1, 0.15) is 11.6 Å². The van der Waals surface area contributed by atoms with Gasteiger partial charge in [0, 0.05) is 26.2 Å². The second kappa shape index (κ2) is 8.79. The van der Waals surface area contributed by atoms with Gasteiger partial charge in [-0.25, -0.2) is 0 Å². The average molecular weight is 474 g/mol. The highest BCUT2D eigenvalue weighted by atomic mass is 16.5. The molecule has 1 spiro atoms. The lowest BCUT2D eigenvalue weighted by molar-refractivity contribution is -0.159. The highest BCUT2D eigenvalue weighted by molar-refractivity contribution is 6.00. The van der Waals surface area contributed by atoms with E-state index in [2.05, 4.69) is 0 Å². The lowest BCUT2D eigenvalue weighted by atomic mass is 9.73. The van der Waals surface area contributed by atoms with E-state index in [0.29, 0.717) is 19.5 Å². The van der Waals surface area contributed by atoms with Crippen molar-refractivity contribution in [2.75, 3.05) is 26.7 Å². The van der Waals surface area contributed by atoms with Gasteiger partial charge in [-0.3, -0.25) is 14.4 Å². The van der Waals surface area contributed by atoms with Crippen LogP contribution in [0.2, 0.25) is 0 Å². The van der Waals surface area contributed by atoms with Crippen molar-refractivity contribution in [2.24, 2.45) is 17.8 Å². The molecule has 0 aromatic carbocycles. The number of nitrogens with zero attached hydrogens (tertiary/aromatic N) is 3. The Morgan fingerprint density at radius 1 is 1.03 bits per heavy atom. The van der Waals surface area contributed by atoms with Crippen LogP contribution < -0.4 is 0 Å². The number of aliphatic hydroxyl groups excluding tert-OH is 1. The Labute approximate surface area is 202 Å². The maximum absolute atomic E-state index is 14.3. The summed E-state index contributed by atoms with van der Waals surface area (Å²) in [4.78, 5) is 47.1. The third-order valence-corrected chi connectivity index (χ3v) is 8.58. The van der Waals surface area contributed by atoms with E-state index in [0.717, 1.165) is 6.42 Å². The first-order chi connectivity index (χ1) is 16.1. The average Bonchev–Trinajstić information content (AvgIpc) is 3.10. The summed E-state index contributed by atoms with van der Waals surface area (Å²) >= 11 is 0. The number of aliphatic hydroxyl groups is 1. The summed E-state index contributed by atoms with van der Waals surface area (Å²) in [5.74, 6) is -2.20. The number of fused-ring (bicyclic) bond motifs is 2. The van der Waals surface area contributed by atoms with Gasteiger partial charge in [0.25, 0.3) is 0 Å². The highest BCUT2D eigenvalue weighted by Crippen LogP contribution is 2.59. The Bertz CT molecular complexity index is 916. The summed E-state index contributed by atoms with van der Waals surface area (Å²) in [6.45, 7) is 10.5. The van der Waals surface area contributed by atoms with E-state index in [1.165, 1.54) is 0 Å². The van der Waals surface area contributed by atoms with Gasteiger partial charge < -0.3 is 24.5 Å². The molecule has 1 N–H and O–H groups in total. The topological polar surface area (TPSA) is 90.4 Å². The Balaban J connectivity index is 1.95. The molecule has 2 saturated heterocycles. The largest absolute Gasteiger partial charge is 0.394 e. The van der Waals surface area contributed by atoms with E-state index in [-0.39, 0.29) is 36.3 Å². The first-order valence-electron chi connectivity index (χ1n) is 12.6. The molecule has 0 aliphatic carbocycles. The molecular formula is C26H39N3O5. The Hall–Kier alpha value is -2.19. The van der Waals surface area contributed by atoms with E-state index in [4.69, 9.17) is 4.74 Å². The molecule has 0 aromatic heterocycles. The molecule has 0 saturated carbocycles. The van der Waals surface area contributed by atoms with E-state index < -0.39 is 35.1 Å². The van der Waals surface area contributed by atoms with Gasteiger partial charge in [-0.15, -0.1) is 0 Å². The molecular weight excluding hydrogens is 434 g/mol. The van der Waals surface area contributed by atoms with E-state index >= 15 is 0 Å². The molecule has 2 fully saturated rings. The number of hydrogen-bond donors (Lipinski definition) is 1. The minimum Gasteiger partial charge on any atom is -0.394 e. The lowest BCUT2D eigenvalue weighted by Crippen LogP contribution is -2.60. The molecule has 8 nitrogen and oxygen atoms in total. The van der Waals surface area contributed by atoms with Crippen LogP contribution in [0.25, 0.3) is 0 Å². The van der Waals surface area contributed by atoms with Crippen molar-refractivity contribution in [3.8, 4) is 0 Å². The molecule has 4 aliphatic rings. The molecule has 0 radical (unpaired) electrons. The molecule has 4 aliphatic heterocycles. The van der Waals surface area contributed by atoms with Gasteiger partial charge in [-0.2, -0.15) is 0 Å². The maximum Gasteiger partial charge on any atom is 0.249 e. The second-order valence-electron chi connectivity index (χ2n) is 10.6. The van der Waals surface area contributed by atoms with Crippen molar-refractivity contribution in [2.45, 2.75) is 76.8 Å². The van der Waals surface area contributed by atoms with Gasteiger partial charge in [0.05, 0.1) is 30.1 Å². The molecule has 0 aromatic rings.